The maximum absolute atomic E-state index is 12.7. The summed E-state index contributed by atoms with van der Waals surface area (Å²) in [6, 6.07) is 10.6. The van der Waals surface area contributed by atoms with Crippen LogP contribution in [0.3, 0.4) is 0 Å². The van der Waals surface area contributed by atoms with Crippen LogP contribution in [0.25, 0.3) is 10.6 Å². The van der Waals surface area contributed by atoms with Crippen molar-refractivity contribution < 1.29 is 27.4 Å². The molecule has 32 heavy (non-hydrogen) atoms. The van der Waals surface area contributed by atoms with Gasteiger partial charge in [-0.15, -0.1) is 11.3 Å². The van der Waals surface area contributed by atoms with Crippen molar-refractivity contribution in [2.45, 2.75) is 31.9 Å². The number of carbonyl (C=O) groups is 1. The zero-order valence-corrected chi connectivity index (χ0v) is 18.3. The van der Waals surface area contributed by atoms with Gasteiger partial charge in [0.2, 0.25) is 12.7 Å². The van der Waals surface area contributed by atoms with Gasteiger partial charge < -0.3 is 14.8 Å². The molecule has 0 fully saturated rings. The van der Waals surface area contributed by atoms with E-state index in [9.17, 15) is 18.0 Å². The summed E-state index contributed by atoms with van der Waals surface area (Å²) in [6.45, 7) is 4.67. The summed E-state index contributed by atoms with van der Waals surface area (Å²) in [4.78, 5) is 16.9. The van der Waals surface area contributed by atoms with E-state index < -0.39 is 11.7 Å². The quantitative estimate of drug-likeness (QED) is 0.548. The van der Waals surface area contributed by atoms with Gasteiger partial charge in [-0.2, -0.15) is 13.2 Å². The second-order valence-electron chi connectivity index (χ2n) is 8.12. The first-order valence-electron chi connectivity index (χ1n) is 9.91. The molecule has 4 rings (SSSR count). The second-order valence-corrected chi connectivity index (χ2v) is 8.98. The molecular weight excluding hydrogens is 441 g/mol. The number of amides is 1. The smallest absolute Gasteiger partial charge is 0.416 e. The first-order valence-corrected chi connectivity index (χ1v) is 10.8. The molecule has 2 aromatic carbocycles. The van der Waals surface area contributed by atoms with Crippen molar-refractivity contribution in [3.05, 3.63) is 64.7 Å². The number of ether oxygens (including phenoxy) is 2. The lowest BCUT2D eigenvalue weighted by atomic mass is 9.84. The van der Waals surface area contributed by atoms with Gasteiger partial charge in [-0.05, 0) is 29.8 Å². The third kappa shape index (κ3) is 4.88. The zero-order chi connectivity index (χ0) is 22.9. The van der Waals surface area contributed by atoms with Crippen molar-refractivity contribution in [3.8, 4) is 22.1 Å². The molecule has 1 amide bonds. The normalized spacial score (nSPS) is 13.3. The third-order valence-corrected chi connectivity index (χ3v) is 6.17. The van der Waals surface area contributed by atoms with E-state index in [1.165, 1.54) is 23.5 Å². The van der Waals surface area contributed by atoms with Crippen molar-refractivity contribution >= 4 is 17.2 Å². The average molecular weight is 462 g/mol. The first-order chi connectivity index (χ1) is 15.1. The second kappa shape index (κ2) is 8.46. The number of aromatic nitrogens is 1. The summed E-state index contributed by atoms with van der Waals surface area (Å²) in [7, 11) is 0. The van der Waals surface area contributed by atoms with Crippen LogP contribution >= 0.6 is 11.3 Å². The Morgan fingerprint density at radius 2 is 1.75 bits per heavy atom. The average Bonchev–Trinajstić information content (AvgIpc) is 3.41. The van der Waals surface area contributed by atoms with Gasteiger partial charge in [0, 0.05) is 22.9 Å². The summed E-state index contributed by atoms with van der Waals surface area (Å²) >= 11 is 1.29. The van der Waals surface area contributed by atoms with Gasteiger partial charge in [0.15, 0.2) is 11.5 Å². The highest BCUT2D eigenvalue weighted by molar-refractivity contribution is 7.13. The molecule has 0 saturated carbocycles. The summed E-state index contributed by atoms with van der Waals surface area (Å²) < 4.78 is 48.9. The number of nitrogens with one attached hydrogen (secondary N) is 1. The fourth-order valence-electron chi connectivity index (χ4n) is 3.29. The third-order valence-electron chi connectivity index (χ3n) is 5.23. The van der Waals surface area contributed by atoms with E-state index in [1.54, 1.807) is 5.38 Å². The molecule has 1 aliphatic heterocycles. The van der Waals surface area contributed by atoms with Crippen LogP contribution in [0.4, 0.5) is 13.2 Å². The molecule has 1 aliphatic rings. The molecule has 1 aromatic heterocycles. The maximum Gasteiger partial charge on any atom is 0.416 e. The Bertz CT molecular complexity index is 1120. The molecule has 0 spiro atoms. The monoisotopic (exact) mass is 462 g/mol. The number of rotatable bonds is 6. The number of hydrogen-bond donors (Lipinski definition) is 1. The standard InChI is InChI=1S/C23H21F3N2O3S/c1-22(2,16-7-8-18-19(9-16)31-13-30-18)12-27-20(29)10-17-11-32-21(28-17)14-3-5-15(6-4-14)23(24,25)26/h3-9,11H,10,12-13H2,1-2H3,(H,27,29). The summed E-state index contributed by atoms with van der Waals surface area (Å²) in [6.07, 6.45) is -4.28. The molecule has 3 aromatic rings. The van der Waals surface area contributed by atoms with Crippen LogP contribution in [0, 0.1) is 0 Å². The van der Waals surface area contributed by atoms with Crippen molar-refractivity contribution in [2.75, 3.05) is 13.3 Å². The van der Waals surface area contributed by atoms with E-state index in [4.69, 9.17) is 9.47 Å². The van der Waals surface area contributed by atoms with E-state index in [-0.39, 0.29) is 24.5 Å². The molecule has 168 valence electrons. The lowest BCUT2D eigenvalue weighted by Crippen LogP contribution is -2.37. The number of alkyl halides is 3. The molecule has 0 radical (unpaired) electrons. The van der Waals surface area contributed by atoms with Gasteiger partial charge in [-0.1, -0.05) is 32.0 Å². The van der Waals surface area contributed by atoms with Crippen LogP contribution in [0.15, 0.2) is 47.8 Å². The first kappa shape index (κ1) is 22.1. The lowest BCUT2D eigenvalue weighted by Gasteiger charge is -2.26. The number of hydrogen-bond acceptors (Lipinski definition) is 5. The molecule has 0 unspecified atom stereocenters. The highest BCUT2D eigenvalue weighted by atomic mass is 32.1. The van der Waals surface area contributed by atoms with Gasteiger partial charge in [-0.3, -0.25) is 4.79 Å². The minimum Gasteiger partial charge on any atom is -0.454 e. The van der Waals surface area contributed by atoms with Crippen LogP contribution < -0.4 is 14.8 Å². The van der Waals surface area contributed by atoms with Gasteiger partial charge in [0.1, 0.15) is 5.01 Å². The summed E-state index contributed by atoms with van der Waals surface area (Å²) in [5.74, 6) is 1.23. The molecule has 5 nitrogen and oxygen atoms in total. The number of carbonyl (C=O) groups excluding carboxylic acids is 1. The minimum absolute atomic E-state index is 0.0916. The fraction of sp³-hybridized carbons (Fsp3) is 0.304. The molecule has 1 N–H and O–H groups in total. The molecule has 0 bridgehead atoms. The van der Waals surface area contributed by atoms with E-state index >= 15 is 0 Å². The predicted molar refractivity (Wildman–Crippen MR) is 115 cm³/mol. The lowest BCUT2D eigenvalue weighted by molar-refractivity contribution is -0.137. The number of halogens is 3. The molecule has 2 heterocycles. The van der Waals surface area contributed by atoms with Crippen LogP contribution in [0.5, 0.6) is 11.5 Å². The van der Waals surface area contributed by atoms with Gasteiger partial charge in [0.05, 0.1) is 17.7 Å². The molecule has 0 saturated heterocycles. The Morgan fingerprint density at radius 3 is 2.47 bits per heavy atom. The van der Waals surface area contributed by atoms with Gasteiger partial charge >= 0.3 is 6.18 Å². The highest BCUT2D eigenvalue weighted by Gasteiger charge is 2.30. The Hall–Kier alpha value is -3.07. The molecule has 9 heteroatoms. The van der Waals surface area contributed by atoms with Gasteiger partial charge in [0.25, 0.3) is 0 Å². The summed E-state index contributed by atoms with van der Waals surface area (Å²) in [5, 5.41) is 5.26. The molecular formula is C23H21F3N2O3S. The van der Waals surface area contributed by atoms with Crippen molar-refractivity contribution in [1.29, 1.82) is 0 Å². The Morgan fingerprint density at radius 1 is 1.06 bits per heavy atom. The maximum atomic E-state index is 12.7. The van der Waals surface area contributed by atoms with Crippen LogP contribution in [0.2, 0.25) is 0 Å². The molecule has 0 aliphatic carbocycles. The van der Waals surface area contributed by atoms with Crippen molar-refractivity contribution in [1.82, 2.24) is 10.3 Å². The number of benzene rings is 2. The van der Waals surface area contributed by atoms with Crippen molar-refractivity contribution in [2.24, 2.45) is 0 Å². The Labute approximate surface area is 187 Å². The Balaban J connectivity index is 1.35. The van der Waals surface area contributed by atoms with E-state index in [2.05, 4.69) is 10.3 Å². The number of fused-ring (bicyclic) bond motifs is 1. The van der Waals surface area contributed by atoms with E-state index in [1.807, 2.05) is 32.0 Å². The zero-order valence-electron chi connectivity index (χ0n) is 17.5. The minimum atomic E-state index is -4.38. The Kier molecular flexibility index (Phi) is 5.85. The SMILES string of the molecule is CC(C)(CNC(=O)Cc1csc(-c2ccc(C(F)(F)F)cc2)n1)c1ccc2c(c1)OCO2. The highest BCUT2D eigenvalue weighted by Crippen LogP contribution is 2.36. The van der Waals surface area contributed by atoms with Crippen LogP contribution in [0.1, 0.15) is 30.7 Å². The van der Waals surface area contributed by atoms with Crippen LogP contribution in [-0.2, 0) is 22.8 Å². The largest absolute Gasteiger partial charge is 0.454 e. The molecule has 0 atom stereocenters. The predicted octanol–water partition coefficient (Wildman–Crippen LogP) is 5.19. The van der Waals surface area contributed by atoms with E-state index in [0.29, 0.717) is 34.3 Å². The fourth-order valence-corrected chi connectivity index (χ4v) is 4.11. The van der Waals surface area contributed by atoms with Gasteiger partial charge in [-0.25, -0.2) is 4.98 Å². The topological polar surface area (TPSA) is 60.5 Å². The number of thiazole rings is 1. The van der Waals surface area contributed by atoms with Crippen molar-refractivity contribution in [3.63, 3.8) is 0 Å². The van der Waals surface area contributed by atoms with Crippen LogP contribution in [-0.4, -0.2) is 24.2 Å². The number of nitrogens with zero attached hydrogens (tertiary/aromatic N) is 1. The summed E-state index contributed by atoms with van der Waals surface area (Å²) in [5.41, 5.74) is 1.13. The van der Waals surface area contributed by atoms with E-state index in [0.717, 1.165) is 17.7 Å².